The van der Waals surface area contributed by atoms with Crippen LogP contribution in [0.5, 0.6) is 0 Å². The summed E-state index contributed by atoms with van der Waals surface area (Å²) in [6, 6.07) is 8.86. The number of rotatable bonds is 2. The molecule has 0 aliphatic carbocycles. The van der Waals surface area contributed by atoms with Crippen LogP contribution in [-0.4, -0.2) is 4.57 Å². The van der Waals surface area contributed by atoms with Crippen LogP contribution >= 0.6 is 11.3 Å². The van der Waals surface area contributed by atoms with Crippen molar-refractivity contribution in [1.82, 2.24) is 4.57 Å². The lowest BCUT2D eigenvalue weighted by molar-refractivity contribution is 0.654. The van der Waals surface area contributed by atoms with Gasteiger partial charge in [-0.1, -0.05) is 6.07 Å². The predicted molar refractivity (Wildman–Crippen MR) is 52.6 cm³/mol. The first-order valence-corrected chi connectivity index (χ1v) is 4.92. The molecule has 2 heteroatoms. The zero-order valence-electron chi connectivity index (χ0n) is 6.97. The normalized spacial score (nSPS) is 13.1. The molecule has 12 heavy (non-hydrogen) atoms. The average Bonchev–Trinajstić information content (AvgIpc) is 2.77. The van der Waals surface area contributed by atoms with Crippen molar-refractivity contribution < 1.29 is 0 Å². The number of nitrogens with zero attached hydrogens (tertiary/aromatic N) is 1. The van der Waals surface area contributed by atoms with Crippen molar-refractivity contribution in [2.75, 3.05) is 0 Å². The molecule has 0 spiro atoms. The number of thiophene rings is 1. The topological polar surface area (TPSA) is 4.93 Å². The Morgan fingerprint density at radius 3 is 2.58 bits per heavy atom. The van der Waals surface area contributed by atoms with Crippen LogP contribution in [0.3, 0.4) is 0 Å². The highest BCUT2D eigenvalue weighted by atomic mass is 32.1. The third-order valence-electron chi connectivity index (χ3n) is 2.03. The second-order valence-corrected chi connectivity index (χ2v) is 3.80. The molecule has 2 rings (SSSR count). The fourth-order valence-corrected chi connectivity index (χ4v) is 2.07. The molecule has 0 radical (unpaired) electrons. The lowest BCUT2D eigenvalue weighted by Gasteiger charge is -2.10. The first-order valence-electron chi connectivity index (χ1n) is 4.04. The summed E-state index contributed by atoms with van der Waals surface area (Å²) in [6.45, 7) is 2.21. The maximum Gasteiger partial charge on any atom is 0.0644 e. The lowest BCUT2D eigenvalue weighted by atomic mass is 10.3. The van der Waals surface area contributed by atoms with Crippen molar-refractivity contribution >= 4 is 11.3 Å². The van der Waals surface area contributed by atoms with Gasteiger partial charge in [-0.2, -0.15) is 0 Å². The minimum atomic E-state index is 0.472. The van der Waals surface area contributed by atoms with E-state index in [2.05, 4.69) is 53.5 Å². The van der Waals surface area contributed by atoms with Crippen molar-refractivity contribution in [3.63, 3.8) is 0 Å². The van der Waals surface area contributed by atoms with Gasteiger partial charge in [0.25, 0.3) is 0 Å². The van der Waals surface area contributed by atoms with Gasteiger partial charge in [0.15, 0.2) is 0 Å². The van der Waals surface area contributed by atoms with Gasteiger partial charge in [-0.3, -0.25) is 0 Å². The van der Waals surface area contributed by atoms with Gasteiger partial charge in [-0.05, 0) is 30.5 Å². The highest BCUT2D eigenvalue weighted by molar-refractivity contribution is 7.10. The van der Waals surface area contributed by atoms with E-state index in [-0.39, 0.29) is 0 Å². The van der Waals surface area contributed by atoms with Crippen molar-refractivity contribution in [2.24, 2.45) is 0 Å². The van der Waals surface area contributed by atoms with E-state index >= 15 is 0 Å². The molecule has 1 unspecified atom stereocenters. The second kappa shape index (κ2) is 3.15. The summed E-state index contributed by atoms with van der Waals surface area (Å²) >= 11 is 1.81. The number of hydrogen-bond acceptors (Lipinski definition) is 1. The molecule has 2 heterocycles. The van der Waals surface area contributed by atoms with E-state index in [0.717, 1.165) is 0 Å². The summed E-state index contributed by atoms with van der Waals surface area (Å²) in [7, 11) is 0. The zero-order valence-corrected chi connectivity index (χ0v) is 7.79. The summed E-state index contributed by atoms with van der Waals surface area (Å²) in [6.07, 6.45) is 4.20. The fourth-order valence-electron chi connectivity index (χ4n) is 1.28. The molecule has 2 aromatic heterocycles. The second-order valence-electron chi connectivity index (χ2n) is 2.82. The third kappa shape index (κ3) is 1.30. The predicted octanol–water partition coefficient (Wildman–Crippen LogP) is 3.16. The molecule has 0 aliphatic rings. The largest absolute Gasteiger partial charge is 0.346 e. The Hall–Kier alpha value is -1.02. The molecule has 0 amide bonds. The van der Waals surface area contributed by atoms with E-state index in [1.165, 1.54) is 4.88 Å². The van der Waals surface area contributed by atoms with E-state index in [1.807, 2.05) is 11.3 Å². The first-order chi connectivity index (χ1) is 5.88. The average molecular weight is 177 g/mol. The smallest absolute Gasteiger partial charge is 0.0644 e. The molecular weight excluding hydrogens is 166 g/mol. The van der Waals surface area contributed by atoms with Gasteiger partial charge in [0.2, 0.25) is 0 Å². The molecule has 0 aromatic carbocycles. The Kier molecular flexibility index (Phi) is 2.00. The van der Waals surface area contributed by atoms with Crippen LogP contribution in [0, 0.1) is 0 Å². The van der Waals surface area contributed by atoms with Crippen LogP contribution in [-0.2, 0) is 0 Å². The molecule has 0 N–H and O–H groups in total. The Morgan fingerprint density at radius 1 is 1.25 bits per heavy atom. The third-order valence-corrected chi connectivity index (χ3v) is 3.07. The monoisotopic (exact) mass is 177 g/mol. The number of aromatic nitrogens is 1. The van der Waals surface area contributed by atoms with Crippen LogP contribution in [0.2, 0.25) is 0 Å². The number of hydrogen-bond donors (Lipinski definition) is 0. The summed E-state index contributed by atoms with van der Waals surface area (Å²) in [4.78, 5) is 1.41. The van der Waals surface area contributed by atoms with Gasteiger partial charge in [-0.15, -0.1) is 11.3 Å². The Balaban J connectivity index is 2.27. The van der Waals surface area contributed by atoms with Gasteiger partial charge >= 0.3 is 0 Å². The molecule has 2 aromatic rings. The Labute approximate surface area is 76.3 Å². The van der Waals surface area contributed by atoms with Crippen LogP contribution in [0.1, 0.15) is 17.8 Å². The van der Waals surface area contributed by atoms with E-state index in [4.69, 9.17) is 0 Å². The quantitative estimate of drug-likeness (QED) is 0.664. The maximum atomic E-state index is 2.21. The summed E-state index contributed by atoms with van der Waals surface area (Å²) in [5.74, 6) is 0. The summed E-state index contributed by atoms with van der Waals surface area (Å²) < 4.78 is 2.21. The molecule has 1 nitrogen and oxygen atoms in total. The van der Waals surface area contributed by atoms with E-state index in [0.29, 0.717) is 6.04 Å². The Morgan fingerprint density at radius 2 is 2.00 bits per heavy atom. The van der Waals surface area contributed by atoms with Gasteiger partial charge in [0.05, 0.1) is 6.04 Å². The molecular formula is C10H11NS. The standard InChI is InChI=1S/C10H11NS/c1-9(10-5-4-8-12-10)11-6-2-3-7-11/h2-9H,1H3. The molecule has 0 aliphatic heterocycles. The molecule has 62 valence electrons. The van der Waals surface area contributed by atoms with Crippen LogP contribution in [0.4, 0.5) is 0 Å². The van der Waals surface area contributed by atoms with Crippen LogP contribution < -0.4 is 0 Å². The zero-order chi connectivity index (χ0) is 8.39. The van der Waals surface area contributed by atoms with Gasteiger partial charge in [0, 0.05) is 17.3 Å². The van der Waals surface area contributed by atoms with Crippen molar-refractivity contribution in [2.45, 2.75) is 13.0 Å². The van der Waals surface area contributed by atoms with E-state index < -0.39 is 0 Å². The summed E-state index contributed by atoms with van der Waals surface area (Å²) in [5, 5.41) is 2.12. The van der Waals surface area contributed by atoms with Crippen molar-refractivity contribution in [3.8, 4) is 0 Å². The SMILES string of the molecule is CC(c1cccs1)n1cccc1. The maximum absolute atomic E-state index is 2.21. The van der Waals surface area contributed by atoms with Gasteiger partial charge < -0.3 is 4.57 Å². The fraction of sp³-hybridized carbons (Fsp3) is 0.200. The first kappa shape index (κ1) is 7.62. The van der Waals surface area contributed by atoms with Gasteiger partial charge in [0.1, 0.15) is 0 Å². The van der Waals surface area contributed by atoms with Crippen LogP contribution in [0.25, 0.3) is 0 Å². The van der Waals surface area contributed by atoms with E-state index in [1.54, 1.807) is 0 Å². The molecule has 0 saturated heterocycles. The molecule has 0 bridgehead atoms. The minimum absolute atomic E-state index is 0.472. The molecule has 0 fully saturated rings. The van der Waals surface area contributed by atoms with E-state index in [9.17, 15) is 0 Å². The molecule has 0 saturated carbocycles. The highest BCUT2D eigenvalue weighted by Gasteiger charge is 2.05. The Bertz CT molecular complexity index is 286. The minimum Gasteiger partial charge on any atom is -0.346 e. The molecule has 1 atom stereocenters. The lowest BCUT2D eigenvalue weighted by Crippen LogP contribution is -2.01. The van der Waals surface area contributed by atoms with Crippen LogP contribution in [0.15, 0.2) is 42.0 Å². The van der Waals surface area contributed by atoms with Crippen molar-refractivity contribution in [3.05, 3.63) is 46.9 Å². The van der Waals surface area contributed by atoms with Crippen molar-refractivity contribution in [1.29, 1.82) is 0 Å². The summed E-state index contributed by atoms with van der Waals surface area (Å²) in [5.41, 5.74) is 0. The highest BCUT2D eigenvalue weighted by Crippen LogP contribution is 2.22. The van der Waals surface area contributed by atoms with Gasteiger partial charge in [-0.25, -0.2) is 0 Å².